The fourth-order valence-corrected chi connectivity index (χ4v) is 1.54. The Balaban J connectivity index is 1.92. The van der Waals surface area contributed by atoms with Crippen molar-refractivity contribution in [3.8, 4) is 0 Å². The average Bonchev–Trinajstić information content (AvgIpc) is 2.93. The molecule has 0 unspecified atom stereocenters. The minimum absolute atomic E-state index is 0.195. The topological polar surface area (TPSA) is 54.6 Å². The molecule has 2 aromatic rings. The number of hydrogen-bond donors (Lipinski definition) is 1. The highest BCUT2D eigenvalue weighted by Crippen LogP contribution is 2.07. The van der Waals surface area contributed by atoms with Gasteiger partial charge in [0.2, 0.25) is 0 Å². The van der Waals surface area contributed by atoms with Gasteiger partial charge in [-0.1, -0.05) is 41.9 Å². The molecule has 5 heteroatoms. The van der Waals surface area contributed by atoms with E-state index in [0.29, 0.717) is 5.03 Å². The maximum atomic E-state index is 11.5. The molecule has 0 saturated carbocycles. The molecule has 0 aliphatic rings. The average molecular weight is 275 g/mol. The summed E-state index contributed by atoms with van der Waals surface area (Å²) >= 11 is 5.96. The maximum absolute atomic E-state index is 11.5. The lowest BCUT2D eigenvalue weighted by molar-refractivity contribution is 0.0927. The van der Waals surface area contributed by atoms with Crippen LogP contribution in [-0.4, -0.2) is 12.1 Å². The van der Waals surface area contributed by atoms with Gasteiger partial charge in [0.15, 0.2) is 5.76 Å². The van der Waals surface area contributed by atoms with Crippen molar-refractivity contribution in [2.24, 2.45) is 5.10 Å². The molecule has 19 heavy (non-hydrogen) atoms. The normalized spacial score (nSPS) is 11.7. The summed E-state index contributed by atoms with van der Waals surface area (Å²) in [6, 6.07) is 12.7. The van der Waals surface area contributed by atoms with Crippen LogP contribution in [0, 0.1) is 0 Å². The van der Waals surface area contributed by atoms with E-state index in [0.717, 1.165) is 5.56 Å². The third kappa shape index (κ3) is 4.12. The van der Waals surface area contributed by atoms with Crippen LogP contribution < -0.4 is 5.43 Å². The summed E-state index contributed by atoms with van der Waals surface area (Å²) in [6.07, 6.45) is 4.51. The van der Waals surface area contributed by atoms with Crippen molar-refractivity contribution in [2.75, 3.05) is 0 Å². The predicted octanol–water partition coefficient (Wildman–Crippen LogP) is 3.28. The predicted molar refractivity (Wildman–Crippen MR) is 74.9 cm³/mol. The van der Waals surface area contributed by atoms with Crippen molar-refractivity contribution in [3.05, 3.63) is 65.1 Å². The standard InChI is InChI=1S/C14H11ClN2O2/c15-12(9-11-5-2-1-3-6-11)10-16-17-14(18)13-7-4-8-19-13/h1-10H,(H,17,18)/b12-9-,16-10-. The van der Waals surface area contributed by atoms with Crippen molar-refractivity contribution in [2.45, 2.75) is 0 Å². The zero-order valence-electron chi connectivity index (χ0n) is 9.92. The summed E-state index contributed by atoms with van der Waals surface area (Å²) in [7, 11) is 0. The molecule has 0 fully saturated rings. The van der Waals surface area contributed by atoms with Gasteiger partial charge in [-0.15, -0.1) is 0 Å². The number of benzene rings is 1. The Bertz CT molecular complexity index is 589. The van der Waals surface area contributed by atoms with Crippen molar-refractivity contribution in [3.63, 3.8) is 0 Å². The van der Waals surface area contributed by atoms with Crippen molar-refractivity contribution >= 4 is 29.8 Å². The minimum atomic E-state index is -0.426. The number of carbonyl (C=O) groups is 1. The Hall–Kier alpha value is -2.33. The lowest BCUT2D eigenvalue weighted by Gasteiger charge is -1.95. The van der Waals surface area contributed by atoms with E-state index in [2.05, 4.69) is 10.5 Å². The molecule has 1 amide bonds. The molecule has 4 nitrogen and oxygen atoms in total. The number of nitrogens with one attached hydrogen (secondary N) is 1. The molecule has 1 heterocycles. The van der Waals surface area contributed by atoms with Crippen LogP contribution in [0.15, 0.2) is 63.3 Å². The first kappa shape index (κ1) is 13.1. The number of allylic oxidation sites excluding steroid dienone is 1. The van der Waals surface area contributed by atoms with Crippen LogP contribution in [0.5, 0.6) is 0 Å². The minimum Gasteiger partial charge on any atom is -0.459 e. The van der Waals surface area contributed by atoms with Crippen LogP contribution in [0.2, 0.25) is 0 Å². The molecule has 0 bridgehead atoms. The molecule has 0 saturated heterocycles. The lowest BCUT2D eigenvalue weighted by Crippen LogP contribution is -2.16. The van der Waals surface area contributed by atoms with Gasteiger partial charge in [-0.25, -0.2) is 5.43 Å². The van der Waals surface area contributed by atoms with Gasteiger partial charge >= 0.3 is 5.91 Å². The number of nitrogens with zero attached hydrogens (tertiary/aromatic N) is 1. The van der Waals surface area contributed by atoms with E-state index in [1.165, 1.54) is 12.5 Å². The van der Waals surface area contributed by atoms with Crippen LogP contribution in [-0.2, 0) is 0 Å². The second kappa shape index (κ2) is 6.56. The van der Waals surface area contributed by atoms with E-state index in [9.17, 15) is 4.79 Å². The maximum Gasteiger partial charge on any atom is 0.307 e. The van der Waals surface area contributed by atoms with Crippen LogP contribution in [0.3, 0.4) is 0 Å². The number of rotatable bonds is 4. The molecule has 0 spiro atoms. The Morgan fingerprint density at radius 1 is 1.21 bits per heavy atom. The van der Waals surface area contributed by atoms with Crippen molar-refractivity contribution in [1.29, 1.82) is 0 Å². The smallest absolute Gasteiger partial charge is 0.307 e. The Kier molecular flexibility index (Phi) is 4.53. The van der Waals surface area contributed by atoms with E-state index in [1.807, 2.05) is 30.3 Å². The number of hydrazone groups is 1. The van der Waals surface area contributed by atoms with Crippen molar-refractivity contribution < 1.29 is 9.21 Å². The third-order valence-electron chi connectivity index (χ3n) is 2.20. The van der Waals surface area contributed by atoms with Crippen LogP contribution in [0.1, 0.15) is 16.1 Å². The van der Waals surface area contributed by atoms with Crippen LogP contribution in [0.4, 0.5) is 0 Å². The summed E-state index contributed by atoms with van der Waals surface area (Å²) in [6.45, 7) is 0. The Morgan fingerprint density at radius 2 is 2.00 bits per heavy atom. The van der Waals surface area contributed by atoms with E-state index >= 15 is 0 Å². The Labute approximate surface area is 115 Å². The van der Waals surface area contributed by atoms with Gasteiger partial charge in [0.05, 0.1) is 17.5 Å². The summed E-state index contributed by atoms with van der Waals surface area (Å²) in [5, 5.41) is 4.15. The summed E-state index contributed by atoms with van der Waals surface area (Å²) < 4.78 is 4.91. The third-order valence-corrected chi connectivity index (χ3v) is 2.41. The van der Waals surface area contributed by atoms with Gasteiger partial charge in [-0.3, -0.25) is 4.79 Å². The van der Waals surface area contributed by atoms with Gasteiger partial charge in [0.25, 0.3) is 0 Å². The molecular formula is C14H11ClN2O2. The fourth-order valence-electron chi connectivity index (χ4n) is 1.36. The monoisotopic (exact) mass is 274 g/mol. The highest BCUT2D eigenvalue weighted by molar-refractivity contribution is 6.41. The molecule has 96 valence electrons. The summed E-state index contributed by atoms with van der Waals surface area (Å²) in [5.74, 6) is -0.231. The molecule has 0 radical (unpaired) electrons. The highest BCUT2D eigenvalue weighted by atomic mass is 35.5. The quantitative estimate of drug-likeness (QED) is 0.687. The largest absolute Gasteiger partial charge is 0.459 e. The number of furan rings is 1. The number of hydrogen-bond acceptors (Lipinski definition) is 3. The number of amides is 1. The molecule has 1 aromatic carbocycles. The second-order valence-corrected chi connectivity index (χ2v) is 4.05. The molecule has 0 aliphatic carbocycles. The van der Waals surface area contributed by atoms with Gasteiger partial charge in [0.1, 0.15) is 0 Å². The number of carbonyl (C=O) groups excluding carboxylic acids is 1. The molecule has 0 atom stereocenters. The Morgan fingerprint density at radius 3 is 2.68 bits per heavy atom. The second-order valence-electron chi connectivity index (χ2n) is 3.62. The van der Waals surface area contributed by atoms with Gasteiger partial charge in [0, 0.05) is 0 Å². The molecular weight excluding hydrogens is 264 g/mol. The van der Waals surface area contributed by atoms with Gasteiger partial charge in [-0.05, 0) is 23.8 Å². The van der Waals surface area contributed by atoms with Crippen LogP contribution >= 0.6 is 11.6 Å². The first-order valence-electron chi connectivity index (χ1n) is 5.55. The number of halogens is 1. The molecule has 1 N–H and O–H groups in total. The zero-order valence-corrected chi connectivity index (χ0v) is 10.7. The first-order valence-corrected chi connectivity index (χ1v) is 5.92. The first-order chi connectivity index (χ1) is 9.25. The SMILES string of the molecule is O=C(N/N=C\C(Cl)=C\c1ccccc1)c1ccco1. The van der Waals surface area contributed by atoms with Crippen molar-refractivity contribution in [1.82, 2.24) is 5.43 Å². The highest BCUT2D eigenvalue weighted by Gasteiger charge is 2.05. The van der Waals surface area contributed by atoms with Gasteiger partial charge < -0.3 is 4.42 Å². The summed E-state index contributed by atoms with van der Waals surface area (Å²) in [4.78, 5) is 11.5. The fraction of sp³-hybridized carbons (Fsp3) is 0. The van der Waals surface area contributed by atoms with E-state index in [1.54, 1.807) is 18.2 Å². The molecule has 2 rings (SSSR count). The van der Waals surface area contributed by atoms with E-state index in [-0.39, 0.29) is 5.76 Å². The molecule has 1 aromatic heterocycles. The van der Waals surface area contributed by atoms with Gasteiger partial charge in [-0.2, -0.15) is 5.10 Å². The van der Waals surface area contributed by atoms with Crippen LogP contribution in [0.25, 0.3) is 6.08 Å². The zero-order chi connectivity index (χ0) is 13.5. The lowest BCUT2D eigenvalue weighted by atomic mass is 10.2. The summed E-state index contributed by atoms with van der Waals surface area (Å²) in [5.41, 5.74) is 3.27. The van der Waals surface area contributed by atoms with E-state index in [4.69, 9.17) is 16.0 Å². The molecule has 0 aliphatic heterocycles. The van der Waals surface area contributed by atoms with E-state index < -0.39 is 5.91 Å².